The topological polar surface area (TPSA) is 64.1 Å². The highest BCUT2D eigenvalue weighted by molar-refractivity contribution is 7.11. The molecular formula is C9H13N3O2S. The van der Waals surface area contributed by atoms with E-state index in [1.807, 2.05) is 6.92 Å². The predicted molar refractivity (Wildman–Crippen MR) is 55.5 cm³/mol. The van der Waals surface area contributed by atoms with E-state index in [4.69, 9.17) is 4.74 Å². The van der Waals surface area contributed by atoms with Gasteiger partial charge in [0, 0.05) is 6.61 Å². The van der Waals surface area contributed by atoms with Gasteiger partial charge in [-0.05, 0) is 19.8 Å². The van der Waals surface area contributed by atoms with Gasteiger partial charge in [0.05, 0.1) is 6.54 Å². The number of amides is 1. The monoisotopic (exact) mass is 227 g/mol. The Morgan fingerprint density at radius 1 is 1.67 bits per heavy atom. The van der Waals surface area contributed by atoms with Crippen LogP contribution in [0.15, 0.2) is 0 Å². The summed E-state index contributed by atoms with van der Waals surface area (Å²) in [6, 6.07) is 0. The average molecular weight is 227 g/mol. The molecule has 1 saturated heterocycles. The molecule has 0 bridgehead atoms. The SMILES string of the molecule is Cc1nnc(CNC(=O)C2CCCO2)s1. The molecule has 1 amide bonds. The van der Waals surface area contributed by atoms with Gasteiger partial charge < -0.3 is 10.1 Å². The molecule has 1 unspecified atom stereocenters. The lowest BCUT2D eigenvalue weighted by molar-refractivity contribution is -0.130. The number of nitrogens with one attached hydrogen (secondary N) is 1. The van der Waals surface area contributed by atoms with Crippen LogP contribution in [0.25, 0.3) is 0 Å². The molecule has 2 heterocycles. The molecule has 0 saturated carbocycles. The number of nitrogens with zero attached hydrogens (tertiary/aromatic N) is 2. The van der Waals surface area contributed by atoms with E-state index >= 15 is 0 Å². The molecule has 1 aromatic rings. The summed E-state index contributed by atoms with van der Waals surface area (Å²) in [6.45, 7) is 3.03. The Bertz CT molecular complexity index is 347. The normalized spacial score (nSPS) is 20.5. The lowest BCUT2D eigenvalue weighted by Gasteiger charge is -2.08. The minimum Gasteiger partial charge on any atom is -0.368 e. The summed E-state index contributed by atoms with van der Waals surface area (Å²) < 4.78 is 5.26. The number of hydrogen-bond acceptors (Lipinski definition) is 5. The van der Waals surface area contributed by atoms with Crippen LogP contribution in [0.3, 0.4) is 0 Å². The van der Waals surface area contributed by atoms with E-state index in [9.17, 15) is 4.79 Å². The van der Waals surface area contributed by atoms with E-state index in [2.05, 4.69) is 15.5 Å². The maximum Gasteiger partial charge on any atom is 0.249 e. The zero-order valence-corrected chi connectivity index (χ0v) is 9.34. The van der Waals surface area contributed by atoms with Crippen molar-refractivity contribution < 1.29 is 9.53 Å². The molecule has 6 heteroatoms. The molecular weight excluding hydrogens is 214 g/mol. The molecule has 82 valence electrons. The van der Waals surface area contributed by atoms with Crippen LogP contribution >= 0.6 is 11.3 Å². The predicted octanol–water partition coefficient (Wildman–Crippen LogP) is 0.642. The van der Waals surface area contributed by atoms with Crippen LogP contribution in [0.2, 0.25) is 0 Å². The van der Waals surface area contributed by atoms with Gasteiger partial charge in [-0.1, -0.05) is 11.3 Å². The molecule has 1 fully saturated rings. The number of rotatable bonds is 3. The summed E-state index contributed by atoms with van der Waals surface area (Å²) in [5.41, 5.74) is 0. The zero-order valence-electron chi connectivity index (χ0n) is 8.52. The van der Waals surface area contributed by atoms with Crippen LogP contribution in [-0.4, -0.2) is 28.8 Å². The fourth-order valence-corrected chi connectivity index (χ4v) is 2.12. The van der Waals surface area contributed by atoms with Gasteiger partial charge in [-0.2, -0.15) is 0 Å². The molecule has 1 N–H and O–H groups in total. The first kappa shape index (κ1) is 10.5. The van der Waals surface area contributed by atoms with Gasteiger partial charge in [-0.15, -0.1) is 10.2 Å². The van der Waals surface area contributed by atoms with Gasteiger partial charge in [0.2, 0.25) is 5.91 Å². The number of aryl methyl sites for hydroxylation is 1. The Morgan fingerprint density at radius 3 is 3.13 bits per heavy atom. The molecule has 0 radical (unpaired) electrons. The lowest BCUT2D eigenvalue weighted by atomic mass is 10.2. The number of hydrogen-bond donors (Lipinski definition) is 1. The third-order valence-electron chi connectivity index (χ3n) is 2.20. The van der Waals surface area contributed by atoms with Crippen LogP contribution in [0.5, 0.6) is 0 Å². The van der Waals surface area contributed by atoms with Gasteiger partial charge in [-0.25, -0.2) is 0 Å². The first-order chi connectivity index (χ1) is 7.25. The van der Waals surface area contributed by atoms with E-state index < -0.39 is 0 Å². The second-order valence-corrected chi connectivity index (χ2v) is 4.70. The van der Waals surface area contributed by atoms with Crippen molar-refractivity contribution in [3.63, 3.8) is 0 Å². The average Bonchev–Trinajstić information content (AvgIpc) is 2.84. The van der Waals surface area contributed by atoms with Crippen molar-refractivity contribution >= 4 is 17.2 Å². The van der Waals surface area contributed by atoms with Crippen LogP contribution in [-0.2, 0) is 16.1 Å². The van der Waals surface area contributed by atoms with Crippen LogP contribution in [0.1, 0.15) is 22.9 Å². The van der Waals surface area contributed by atoms with Crippen LogP contribution < -0.4 is 5.32 Å². The minimum absolute atomic E-state index is 0.0413. The number of ether oxygens (including phenoxy) is 1. The molecule has 2 rings (SSSR count). The number of carbonyl (C=O) groups is 1. The van der Waals surface area contributed by atoms with Crippen molar-refractivity contribution in [2.24, 2.45) is 0 Å². The highest BCUT2D eigenvalue weighted by Gasteiger charge is 2.23. The zero-order chi connectivity index (χ0) is 10.7. The molecule has 0 aliphatic carbocycles. The maximum absolute atomic E-state index is 11.5. The number of aromatic nitrogens is 2. The summed E-state index contributed by atoms with van der Waals surface area (Å²) in [7, 11) is 0. The minimum atomic E-state index is -0.265. The highest BCUT2D eigenvalue weighted by Crippen LogP contribution is 2.12. The summed E-state index contributed by atoms with van der Waals surface area (Å²) in [6.07, 6.45) is 1.52. The summed E-state index contributed by atoms with van der Waals surface area (Å²) >= 11 is 1.49. The number of carbonyl (C=O) groups excluding carboxylic acids is 1. The van der Waals surface area contributed by atoms with E-state index in [0.29, 0.717) is 13.2 Å². The summed E-state index contributed by atoms with van der Waals surface area (Å²) in [5, 5.41) is 12.3. The van der Waals surface area contributed by atoms with E-state index in [-0.39, 0.29) is 12.0 Å². The van der Waals surface area contributed by atoms with E-state index in [0.717, 1.165) is 22.9 Å². The molecule has 1 aliphatic rings. The molecule has 1 atom stereocenters. The molecule has 0 spiro atoms. The quantitative estimate of drug-likeness (QED) is 0.823. The first-order valence-electron chi connectivity index (χ1n) is 4.94. The molecule has 1 aliphatic heterocycles. The van der Waals surface area contributed by atoms with Crippen LogP contribution in [0, 0.1) is 6.92 Å². The smallest absolute Gasteiger partial charge is 0.249 e. The largest absolute Gasteiger partial charge is 0.368 e. The Hall–Kier alpha value is -1.01. The molecule has 1 aromatic heterocycles. The first-order valence-corrected chi connectivity index (χ1v) is 5.75. The Kier molecular flexibility index (Phi) is 3.27. The highest BCUT2D eigenvalue weighted by atomic mass is 32.1. The second-order valence-electron chi connectivity index (χ2n) is 3.43. The van der Waals surface area contributed by atoms with Crippen molar-refractivity contribution in [1.29, 1.82) is 0 Å². The van der Waals surface area contributed by atoms with Gasteiger partial charge in [0.25, 0.3) is 0 Å². The third kappa shape index (κ3) is 2.73. The van der Waals surface area contributed by atoms with Gasteiger partial charge >= 0.3 is 0 Å². The van der Waals surface area contributed by atoms with E-state index in [1.54, 1.807) is 0 Å². The molecule has 0 aromatic carbocycles. The maximum atomic E-state index is 11.5. The van der Waals surface area contributed by atoms with Gasteiger partial charge in [0.15, 0.2) is 0 Å². The van der Waals surface area contributed by atoms with Gasteiger partial charge in [0.1, 0.15) is 16.1 Å². The summed E-state index contributed by atoms with van der Waals surface area (Å²) in [5.74, 6) is -0.0413. The Labute approximate surface area is 91.9 Å². The van der Waals surface area contributed by atoms with Gasteiger partial charge in [-0.3, -0.25) is 4.79 Å². The van der Waals surface area contributed by atoms with Crippen molar-refractivity contribution in [3.05, 3.63) is 10.0 Å². The summed E-state index contributed by atoms with van der Waals surface area (Å²) in [4.78, 5) is 11.5. The Balaban J connectivity index is 1.80. The standard InChI is InChI=1S/C9H13N3O2S/c1-6-11-12-8(15-6)5-10-9(13)7-3-2-4-14-7/h7H,2-5H2,1H3,(H,10,13). The van der Waals surface area contributed by atoms with Crippen molar-refractivity contribution in [2.45, 2.75) is 32.4 Å². The lowest BCUT2D eigenvalue weighted by Crippen LogP contribution is -2.33. The second kappa shape index (κ2) is 4.67. The fourth-order valence-electron chi connectivity index (χ4n) is 1.47. The van der Waals surface area contributed by atoms with Crippen molar-refractivity contribution in [2.75, 3.05) is 6.61 Å². The Morgan fingerprint density at radius 2 is 2.53 bits per heavy atom. The van der Waals surface area contributed by atoms with Crippen molar-refractivity contribution in [3.8, 4) is 0 Å². The van der Waals surface area contributed by atoms with Crippen molar-refractivity contribution in [1.82, 2.24) is 15.5 Å². The molecule has 5 nitrogen and oxygen atoms in total. The fraction of sp³-hybridized carbons (Fsp3) is 0.667. The molecule has 15 heavy (non-hydrogen) atoms. The van der Waals surface area contributed by atoms with E-state index in [1.165, 1.54) is 11.3 Å². The van der Waals surface area contributed by atoms with Crippen LogP contribution in [0.4, 0.5) is 0 Å². The third-order valence-corrected chi connectivity index (χ3v) is 3.04.